The molecule has 27 heavy (non-hydrogen) atoms. The lowest BCUT2D eigenvalue weighted by Crippen LogP contribution is -2.42. The van der Waals surface area contributed by atoms with Gasteiger partial charge in [0.1, 0.15) is 11.2 Å². The van der Waals surface area contributed by atoms with Gasteiger partial charge in [0.15, 0.2) is 0 Å². The number of nitriles is 1. The van der Waals surface area contributed by atoms with Crippen LogP contribution in [-0.4, -0.2) is 31.9 Å². The Hall–Kier alpha value is -3.39. The van der Waals surface area contributed by atoms with Crippen LogP contribution in [0.4, 0.5) is 0 Å². The molecule has 0 radical (unpaired) electrons. The summed E-state index contributed by atoms with van der Waals surface area (Å²) in [4.78, 5) is 14.4. The lowest BCUT2D eigenvalue weighted by molar-refractivity contribution is 0.284. The van der Waals surface area contributed by atoms with Crippen molar-refractivity contribution in [3.63, 3.8) is 0 Å². The molecule has 1 N–H and O–H groups in total. The van der Waals surface area contributed by atoms with Crippen LogP contribution in [0.25, 0.3) is 28.0 Å². The Morgan fingerprint density at radius 1 is 1.19 bits per heavy atom. The summed E-state index contributed by atoms with van der Waals surface area (Å²) < 4.78 is 0. The number of allylic oxidation sites excluding steroid dienone is 2. The van der Waals surface area contributed by atoms with E-state index in [4.69, 9.17) is 0 Å². The van der Waals surface area contributed by atoms with Crippen molar-refractivity contribution in [2.24, 2.45) is 0 Å². The summed E-state index contributed by atoms with van der Waals surface area (Å²) in [5, 5.41) is 10.6. The average molecular weight is 355 g/mol. The maximum Gasteiger partial charge on any atom is 0.137 e. The van der Waals surface area contributed by atoms with Gasteiger partial charge in [0.2, 0.25) is 0 Å². The van der Waals surface area contributed by atoms with E-state index in [-0.39, 0.29) is 0 Å². The lowest BCUT2D eigenvalue weighted by atomic mass is 9.99. The van der Waals surface area contributed by atoms with Crippen molar-refractivity contribution in [2.45, 2.75) is 26.3 Å². The Morgan fingerprint density at radius 2 is 2.04 bits per heavy atom. The molecular weight excluding hydrogens is 334 g/mol. The summed E-state index contributed by atoms with van der Waals surface area (Å²) in [6.45, 7) is 6.56. The Labute approximate surface area is 158 Å². The predicted molar refractivity (Wildman–Crippen MR) is 108 cm³/mol. The van der Waals surface area contributed by atoms with Crippen molar-refractivity contribution in [1.82, 2.24) is 19.9 Å². The summed E-state index contributed by atoms with van der Waals surface area (Å²) in [5.74, 6) is 0. The minimum absolute atomic E-state index is 0.594. The van der Waals surface area contributed by atoms with Gasteiger partial charge in [-0.1, -0.05) is 12.2 Å². The second kappa shape index (κ2) is 6.40. The molecule has 3 aromatic heterocycles. The van der Waals surface area contributed by atoms with Gasteiger partial charge in [0, 0.05) is 52.5 Å². The van der Waals surface area contributed by atoms with E-state index in [1.165, 1.54) is 0 Å². The number of H-pyrrole nitrogens is 1. The number of hydrogen-bond acceptors (Lipinski definition) is 4. The second-order valence-electron chi connectivity index (χ2n) is 7.29. The lowest BCUT2D eigenvalue weighted by Gasteiger charge is -2.37. The Balaban J connectivity index is 1.76. The molecule has 0 spiro atoms. The van der Waals surface area contributed by atoms with Crippen LogP contribution in [0.15, 0.2) is 54.9 Å². The topological polar surface area (TPSA) is 68.6 Å². The van der Waals surface area contributed by atoms with Crippen molar-refractivity contribution in [3.8, 4) is 17.3 Å². The maximum atomic E-state index is 9.57. The molecule has 1 aliphatic heterocycles. The van der Waals surface area contributed by atoms with Crippen LogP contribution in [0.2, 0.25) is 0 Å². The molecule has 5 heteroatoms. The summed E-state index contributed by atoms with van der Waals surface area (Å²) in [6, 6.07) is 10.7. The zero-order valence-electron chi connectivity index (χ0n) is 15.7. The first-order chi connectivity index (χ1) is 13.0. The van der Waals surface area contributed by atoms with Crippen molar-refractivity contribution in [2.75, 3.05) is 6.54 Å². The monoisotopic (exact) mass is 355 g/mol. The van der Waals surface area contributed by atoms with E-state index in [0.717, 1.165) is 39.2 Å². The number of nitrogens with one attached hydrogen (secondary N) is 1. The number of pyridine rings is 2. The van der Waals surface area contributed by atoms with Gasteiger partial charge >= 0.3 is 0 Å². The molecular formula is C22H21N5. The molecule has 1 aliphatic rings. The van der Waals surface area contributed by atoms with Crippen LogP contribution in [0.1, 0.15) is 25.1 Å². The average Bonchev–Trinajstić information content (AvgIpc) is 3.11. The minimum Gasteiger partial charge on any atom is -0.349 e. The molecule has 0 fully saturated rings. The van der Waals surface area contributed by atoms with Gasteiger partial charge in [0.25, 0.3) is 0 Å². The fraction of sp³-hybridized carbons (Fsp3) is 0.227. The highest BCUT2D eigenvalue weighted by molar-refractivity contribution is 5.86. The van der Waals surface area contributed by atoms with Gasteiger partial charge in [-0.3, -0.25) is 4.98 Å². The first kappa shape index (κ1) is 17.0. The number of rotatable bonds is 3. The first-order valence-electron chi connectivity index (χ1n) is 8.96. The van der Waals surface area contributed by atoms with Crippen LogP contribution in [-0.2, 0) is 0 Å². The van der Waals surface area contributed by atoms with Gasteiger partial charge in [-0.15, -0.1) is 0 Å². The third-order valence-electron chi connectivity index (χ3n) is 4.89. The number of hydrogen-bond donors (Lipinski definition) is 1. The highest BCUT2D eigenvalue weighted by Gasteiger charge is 2.29. The molecule has 0 aliphatic carbocycles. The molecule has 0 aromatic carbocycles. The maximum absolute atomic E-state index is 9.57. The predicted octanol–water partition coefficient (Wildman–Crippen LogP) is 4.45. The molecule has 134 valence electrons. The summed E-state index contributed by atoms with van der Waals surface area (Å²) in [7, 11) is 0. The fourth-order valence-electron chi connectivity index (χ4n) is 3.38. The van der Waals surface area contributed by atoms with Gasteiger partial charge in [0.05, 0.1) is 6.07 Å². The number of nitrogens with zero attached hydrogens (tertiary/aromatic N) is 4. The van der Waals surface area contributed by atoms with Crippen LogP contribution in [0.3, 0.4) is 0 Å². The van der Waals surface area contributed by atoms with Crippen LogP contribution in [0.5, 0.6) is 0 Å². The van der Waals surface area contributed by atoms with E-state index in [0.29, 0.717) is 6.54 Å². The van der Waals surface area contributed by atoms with E-state index < -0.39 is 5.54 Å². The van der Waals surface area contributed by atoms with Crippen molar-refractivity contribution < 1.29 is 0 Å². The van der Waals surface area contributed by atoms with E-state index in [9.17, 15) is 5.26 Å². The second-order valence-corrected chi connectivity index (χ2v) is 7.29. The van der Waals surface area contributed by atoms with Crippen molar-refractivity contribution >= 4 is 16.7 Å². The molecule has 3 aromatic rings. The zero-order valence-corrected chi connectivity index (χ0v) is 15.7. The zero-order chi connectivity index (χ0) is 19.0. The summed E-state index contributed by atoms with van der Waals surface area (Å²) in [5.41, 5.74) is 5.37. The fourth-order valence-corrected chi connectivity index (χ4v) is 3.38. The van der Waals surface area contributed by atoms with Gasteiger partial charge < -0.3 is 9.88 Å². The molecule has 4 heterocycles. The van der Waals surface area contributed by atoms with E-state index in [1.54, 1.807) is 0 Å². The molecule has 0 atom stereocenters. The molecule has 0 saturated carbocycles. The smallest absolute Gasteiger partial charge is 0.137 e. The highest BCUT2D eigenvalue weighted by Crippen LogP contribution is 2.31. The quantitative estimate of drug-likeness (QED) is 0.754. The minimum atomic E-state index is -0.594. The Morgan fingerprint density at radius 3 is 2.81 bits per heavy atom. The third kappa shape index (κ3) is 3.11. The number of fused-ring (bicyclic) bond motifs is 1. The summed E-state index contributed by atoms with van der Waals surface area (Å²) >= 11 is 0. The van der Waals surface area contributed by atoms with Crippen LogP contribution in [0, 0.1) is 18.3 Å². The first-order valence-corrected chi connectivity index (χ1v) is 8.96. The Kier molecular flexibility index (Phi) is 4.04. The van der Waals surface area contributed by atoms with E-state index in [1.807, 2.05) is 51.4 Å². The molecule has 0 saturated heterocycles. The normalized spacial score (nSPS) is 14.3. The number of aryl methyl sites for hydroxylation is 1. The molecule has 5 nitrogen and oxygen atoms in total. The Bertz CT molecular complexity index is 1110. The van der Waals surface area contributed by atoms with Gasteiger partial charge in [-0.25, -0.2) is 4.98 Å². The molecule has 0 unspecified atom stereocenters. The third-order valence-corrected chi connectivity index (χ3v) is 4.89. The van der Waals surface area contributed by atoms with Gasteiger partial charge in [-0.05, 0) is 51.1 Å². The SMILES string of the molecule is Cc1cc(-c2cc3cc(C4=CC=CCN4C(C)(C)C#N)cnc3[nH]2)ccn1. The standard InChI is InChI=1S/C22H21N5/c1-15-10-16(7-8-24-15)19-12-17-11-18(13-25-21(17)26-19)20-6-4-5-9-27(20)22(2,3)14-23/h4-8,10-13H,9H2,1-3H3,(H,25,26). The van der Waals surface area contributed by atoms with Crippen LogP contribution < -0.4 is 0 Å². The van der Waals surface area contributed by atoms with Crippen molar-refractivity contribution in [1.29, 1.82) is 5.26 Å². The van der Waals surface area contributed by atoms with E-state index >= 15 is 0 Å². The largest absolute Gasteiger partial charge is 0.349 e. The molecule has 0 amide bonds. The number of aromatic nitrogens is 3. The van der Waals surface area contributed by atoms with Gasteiger partial charge in [-0.2, -0.15) is 5.26 Å². The molecule has 4 rings (SSSR count). The highest BCUT2D eigenvalue weighted by atomic mass is 15.2. The number of aromatic amines is 1. The van der Waals surface area contributed by atoms with Crippen molar-refractivity contribution in [3.05, 3.63) is 66.1 Å². The summed E-state index contributed by atoms with van der Waals surface area (Å²) in [6.07, 6.45) is 9.83. The molecule has 0 bridgehead atoms. The van der Waals surface area contributed by atoms with Crippen LogP contribution >= 0.6 is 0 Å². The van der Waals surface area contributed by atoms with E-state index in [2.05, 4.69) is 50.2 Å².